The third-order valence-corrected chi connectivity index (χ3v) is 3.49. The lowest BCUT2D eigenvalue weighted by Gasteiger charge is -2.05. The molecule has 0 saturated heterocycles. The SMILES string of the molecule is O=C(c1cn(Cc2ccccc2)c2ccccc12)C(F)(F)F. The molecular formula is C17H12F3NO. The number of ketones is 1. The highest BCUT2D eigenvalue weighted by molar-refractivity contribution is 6.10. The molecule has 0 fully saturated rings. The maximum atomic E-state index is 12.7. The summed E-state index contributed by atoms with van der Waals surface area (Å²) in [5.74, 6) is -1.81. The lowest BCUT2D eigenvalue weighted by atomic mass is 10.1. The molecule has 0 atom stereocenters. The van der Waals surface area contributed by atoms with Crippen molar-refractivity contribution in [3.05, 3.63) is 71.9 Å². The molecular weight excluding hydrogens is 291 g/mol. The topological polar surface area (TPSA) is 22.0 Å². The highest BCUT2D eigenvalue weighted by Gasteiger charge is 2.40. The van der Waals surface area contributed by atoms with Crippen LogP contribution in [-0.2, 0) is 6.54 Å². The number of Topliss-reactive ketones (excluding diaryl/α,β-unsaturated/α-hetero) is 1. The first kappa shape index (κ1) is 14.4. The molecule has 1 aromatic heterocycles. The number of benzene rings is 2. The standard InChI is InChI=1S/C17H12F3NO/c18-17(19,20)16(22)14-11-21(10-12-6-2-1-3-7-12)15-9-5-4-8-13(14)15/h1-9,11H,10H2. The van der Waals surface area contributed by atoms with E-state index in [-0.39, 0.29) is 5.56 Å². The van der Waals surface area contributed by atoms with Crippen LogP contribution in [0.1, 0.15) is 15.9 Å². The molecule has 0 unspecified atom stereocenters. The molecule has 2 nitrogen and oxygen atoms in total. The Balaban J connectivity index is 2.10. The lowest BCUT2D eigenvalue weighted by molar-refractivity contribution is -0.0884. The number of nitrogens with zero attached hydrogens (tertiary/aromatic N) is 1. The molecule has 0 bridgehead atoms. The number of carbonyl (C=O) groups is 1. The van der Waals surface area contributed by atoms with E-state index in [1.54, 1.807) is 22.8 Å². The van der Waals surface area contributed by atoms with Gasteiger partial charge in [-0.1, -0.05) is 48.5 Å². The minimum atomic E-state index is -4.87. The molecule has 3 rings (SSSR count). The van der Waals surface area contributed by atoms with Gasteiger partial charge in [-0.05, 0) is 11.6 Å². The van der Waals surface area contributed by atoms with Gasteiger partial charge in [0.25, 0.3) is 5.78 Å². The Hall–Kier alpha value is -2.56. The second-order valence-corrected chi connectivity index (χ2v) is 5.00. The Labute approximate surface area is 124 Å². The van der Waals surface area contributed by atoms with Crippen LogP contribution < -0.4 is 0 Å². The highest BCUT2D eigenvalue weighted by Crippen LogP contribution is 2.28. The second-order valence-electron chi connectivity index (χ2n) is 5.00. The van der Waals surface area contributed by atoms with Crippen LogP contribution in [0.15, 0.2) is 60.8 Å². The van der Waals surface area contributed by atoms with E-state index in [4.69, 9.17) is 0 Å². The normalized spacial score (nSPS) is 11.8. The third-order valence-electron chi connectivity index (χ3n) is 3.49. The number of rotatable bonds is 3. The van der Waals surface area contributed by atoms with Crippen molar-refractivity contribution in [2.24, 2.45) is 0 Å². The number of carbonyl (C=O) groups excluding carboxylic acids is 1. The van der Waals surface area contributed by atoms with Crippen LogP contribution in [0.25, 0.3) is 10.9 Å². The van der Waals surface area contributed by atoms with Gasteiger partial charge in [0, 0.05) is 23.6 Å². The van der Waals surface area contributed by atoms with Crippen LogP contribution in [-0.4, -0.2) is 16.5 Å². The van der Waals surface area contributed by atoms with Crippen LogP contribution in [0.4, 0.5) is 13.2 Å². The summed E-state index contributed by atoms with van der Waals surface area (Å²) in [5.41, 5.74) is 1.26. The molecule has 0 spiro atoms. The van der Waals surface area contributed by atoms with Gasteiger partial charge < -0.3 is 4.57 Å². The number of fused-ring (bicyclic) bond motifs is 1. The van der Waals surface area contributed by atoms with Gasteiger partial charge in [0.2, 0.25) is 0 Å². The summed E-state index contributed by atoms with van der Waals surface area (Å²) >= 11 is 0. The minimum absolute atomic E-state index is 0.306. The minimum Gasteiger partial charge on any atom is -0.342 e. The molecule has 0 aliphatic heterocycles. The molecule has 112 valence electrons. The number of hydrogen-bond acceptors (Lipinski definition) is 1. The Kier molecular flexibility index (Phi) is 3.48. The third kappa shape index (κ3) is 2.62. The van der Waals surface area contributed by atoms with Crippen molar-refractivity contribution in [1.29, 1.82) is 0 Å². The van der Waals surface area contributed by atoms with Gasteiger partial charge in [-0.2, -0.15) is 13.2 Å². The zero-order chi connectivity index (χ0) is 15.7. The highest BCUT2D eigenvalue weighted by atomic mass is 19.4. The molecule has 2 aromatic carbocycles. The first-order valence-electron chi connectivity index (χ1n) is 6.70. The van der Waals surface area contributed by atoms with E-state index in [9.17, 15) is 18.0 Å². The maximum absolute atomic E-state index is 12.7. The fourth-order valence-electron chi connectivity index (χ4n) is 2.49. The smallest absolute Gasteiger partial charge is 0.342 e. The molecule has 1 heterocycles. The van der Waals surface area contributed by atoms with E-state index in [1.165, 1.54) is 12.3 Å². The molecule has 0 N–H and O–H groups in total. The summed E-state index contributed by atoms with van der Waals surface area (Å²) in [6.07, 6.45) is -3.59. The molecule has 0 amide bonds. The Bertz CT molecular complexity index is 819. The van der Waals surface area contributed by atoms with E-state index >= 15 is 0 Å². The molecule has 0 saturated carbocycles. The van der Waals surface area contributed by atoms with Crippen molar-refractivity contribution in [3.8, 4) is 0 Å². The molecule has 3 aromatic rings. The maximum Gasteiger partial charge on any atom is 0.454 e. The molecule has 0 aliphatic rings. The van der Waals surface area contributed by atoms with E-state index in [0.717, 1.165) is 5.56 Å². The van der Waals surface area contributed by atoms with Gasteiger partial charge in [-0.25, -0.2) is 0 Å². The average molecular weight is 303 g/mol. The van der Waals surface area contributed by atoms with E-state index in [1.807, 2.05) is 30.3 Å². The fraction of sp³-hybridized carbons (Fsp3) is 0.118. The number of alkyl halides is 3. The number of hydrogen-bond donors (Lipinski definition) is 0. The molecule has 5 heteroatoms. The number of para-hydroxylation sites is 1. The zero-order valence-corrected chi connectivity index (χ0v) is 11.5. The number of aromatic nitrogens is 1. The van der Waals surface area contributed by atoms with Gasteiger partial charge in [-0.3, -0.25) is 4.79 Å². The van der Waals surface area contributed by atoms with E-state index < -0.39 is 12.0 Å². The van der Waals surface area contributed by atoms with Crippen molar-refractivity contribution in [1.82, 2.24) is 4.57 Å². The molecule has 0 aliphatic carbocycles. The summed E-state index contributed by atoms with van der Waals surface area (Å²) in [4.78, 5) is 11.6. The average Bonchev–Trinajstić information content (AvgIpc) is 2.85. The predicted octanol–water partition coefficient (Wildman–Crippen LogP) is 4.43. The monoisotopic (exact) mass is 303 g/mol. The van der Waals surface area contributed by atoms with Crippen molar-refractivity contribution in [2.75, 3.05) is 0 Å². The van der Waals surface area contributed by atoms with Crippen LogP contribution in [0, 0.1) is 0 Å². The fourth-order valence-corrected chi connectivity index (χ4v) is 2.49. The molecule has 22 heavy (non-hydrogen) atoms. The van der Waals surface area contributed by atoms with Crippen molar-refractivity contribution >= 4 is 16.7 Å². The largest absolute Gasteiger partial charge is 0.454 e. The molecule has 0 radical (unpaired) electrons. The van der Waals surface area contributed by atoms with Gasteiger partial charge in [-0.15, -0.1) is 0 Å². The van der Waals surface area contributed by atoms with Crippen molar-refractivity contribution < 1.29 is 18.0 Å². The van der Waals surface area contributed by atoms with Gasteiger partial charge in [0.15, 0.2) is 0 Å². The van der Waals surface area contributed by atoms with Gasteiger partial charge >= 0.3 is 6.18 Å². The zero-order valence-electron chi connectivity index (χ0n) is 11.5. The summed E-state index contributed by atoms with van der Waals surface area (Å²) in [5, 5.41) is 0.320. The van der Waals surface area contributed by atoms with Gasteiger partial charge in [0.1, 0.15) is 0 Å². The lowest BCUT2D eigenvalue weighted by Crippen LogP contribution is -2.22. The Morgan fingerprint density at radius 2 is 1.59 bits per heavy atom. The van der Waals surface area contributed by atoms with Crippen molar-refractivity contribution in [3.63, 3.8) is 0 Å². The first-order chi connectivity index (χ1) is 10.5. The quantitative estimate of drug-likeness (QED) is 0.656. The van der Waals surface area contributed by atoms with Crippen LogP contribution in [0.2, 0.25) is 0 Å². The van der Waals surface area contributed by atoms with Crippen LogP contribution in [0.3, 0.4) is 0 Å². The second kappa shape index (κ2) is 5.33. The Morgan fingerprint density at radius 1 is 0.955 bits per heavy atom. The summed E-state index contributed by atoms with van der Waals surface area (Å²) in [6.45, 7) is 0.409. The Morgan fingerprint density at radius 3 is 2.27 bits per heavy atom. The predicted molar refractivity (Wildman–Crippen MR) is 77.9 cm³/mol. The van der Waals surface area contributed by atoms with E-state index in [2.05, 4.69) is 0 Å². The van der Waals surface area contributed by atoms with E-state index in [0.29, 0.717) is 17.4 Å². The van der Waals surface area contributed by atoms with Crippen LogP contribution in [0.5, 0.6) is 0 Å². The van der Waals surface area contributed by atoms with Gasteiger partial charge in [0.05, 0.1) is 5.56 Å². The summed E-state index contributed by atoms with van der Waals surface area (Å²) < 4.78 is 39.9. The van der Waals surface area contributed by atoms with Crippen molar-refractivity contribution in [2.45, 2.75) is 12.7 Å². The summed E-state index contributed by atoms with van der Waals surface area (Å²) in [7, 11) is 0. The first-order valence-corrected chi connectivity index (χ1v) is 6.70. The summed E-state index contributed by atoms with van der Waals surface area (Å²) in [6, 6.07) is 16.0. The van der Waals surface area contributed by atoms with Crippen LogP contribution >= 0.6 is 0 Å². The number of halogens is 3.